The number of hydrogen-bond acceptors (Lipinski definition) is 3. The molecule has 34 heavy (non-hydrogen) atoms. The first-order valence-corrected chi connectivity index (χ1v) is 11.6. The lowest BCUT2D eigenvalue weighted by atomic mass is 10.1. The zero-order chi connectivity index (χ0) is 23.7. The van der Waals surface area contributed by atoms with Crippen LogP contribution >= 0.6 is 0 Å². The van der Waals surface area contributed by atoms with Gasteiger partial charge in [0.2, 0.25) is 11.8 Å². The zero-order valence-corrected chi connectivity index (χ0v) is 19.5. The van der Waals surface area contributed by atoms with Gasteiger partial charge in [-0.15, -0.1) is 0 Å². The number of aromatic nitrogens is 2. The quantitative estimate of drug-likeness (QED) is 0.432. The number of carbonyl (C=O) groups is 2. The predicted octanol–water partition coefficient (Wildman–Crippen LogP) is 4.52. The molecule has 1 unspecified atom stereocenters. The Bertz CT molecular complexity index is 1350. The van der Waals surface area contributed by atoms with E-state index in [1.165, 1.54) is 0 Å². The molecule has 5 rings (SSSR count). The molecule has 0 N–H and O–H groups in total. The molecular weight excluding hydrogens is 424 g/mol. The van der Waals surface area contributed by atoms with Crippen molar-refractivity contribution in [1.29, 1.82) is 0 Å². The predicted molar refractivity (Wildman–Crippen MR) is 134 cm³/mol. The standard InChI is InChI=1S/C28H28N4O2/c1-20-10-6-8-14-24(20)31-18-22(16-26(31)33)28-29-23-13-7-9-15-25(23)32(28)19-27(34)30(2)17-21-11-4-3-5-12-21/h3-15,22H,16-19H2,1-2H3. The number of carbonyl (C=O) groups excluding carboxylic acids is 2. The minimum Gasteiger partial charge on any atom is -0.340 e. The Labute approximate surface area is 199 Å². The minimum atomic E-state index is -0.0771. The van der Waals surface area contributed by atoms with Crippen molar-refractivity contribution >= 4 is 28.5 Å². The molecule has 1 aromatic heterocycles. The smallest absolute Gasteiger partial charge is 0.242 e. The average Bonchev–Trinajstić information content (AvgIpc) is 3.40. The van der Waals surface area contributed by atoms with Gasteiger partial charge in [-0.05, 0) is 36.2 Å². The summed E-state index contributed by atoms with van der Waals surface area (Å²) in [6.07, 6.45) is 0.381. The van der Waals surface area contributed by atoms with Crippen LogP contribution in [-0.2, 0) is 22.7 Å². The number of nitrogens with zero attached hydrogens (tertiary/aromatic N) is 4. The average molecular weight is 453 g/mol. The Morgan fingerprint density at radius 2 is 1.71 bits per heavy atom. The molecule has 0 spiro atoms. The molecule has 1 fully saturated rings. The molecule has 1 saturated heterocycles. The topological polar surface area (TPSA) is 58.4 Å². The lowest BCUT2D eigenvalue weighted by Gasteiger charge is -2.21. The van der Waals surface area contributed by atoms with Gasteiger partial charge in [-0.1, -0.05) is 60.7 Å². The van der Waals surface area contributed by atoms with Crippen molar-refractivity contribution in [3.8, 4) is 0 Å². The van der Waals surface area contributed by atoms with Crippen LogP contribution < -0.4 is 4.90 Å². The molecule has 4 aromatic rings. The molecule has 0 radical (unpaired) electrons. The summed E-state index contributed by atoms with van der Waals surface area (Å²) in [5.74, 6) is 0.817. The summed E-state index contributed by atoms with van der Waals surface area (Å²) >= 11 is 0. The second-order valence-electron chi connectivity index (χ2n) is 8.97. The first-order chi connectivity index (χ1) is 16.5. The zero-order valence-electron chi connectivity index (χ0n) is 19.5. The summed E-state index contributed by atoms with van der Waals surface area (Å²) in [5, 5.41) is 0. The van der Waals surface area contributed by atoms with Crippen molar-refractivity contribution in [3.05, 3.63) is 95.8 Å². The molecule has 1 aliphatic rings. The van der Waals surface area contributed by atoms with Gasteiger partial charge in [0.1, 0.15) is 12.4 Å². The van der Waals surface area contributed by atoms with Gasteiger partial charge in [-0.25, -0.2) is 4.98 Å². The van der Waals surface area contributed by atoms with Gasteiger partial charge in [0.15, 0.2) is 0 Å². The van der Waals surface area contributed by atoms with Crippen molar-refractivity contribution in [2.24, 2.45) is 0 Å². The summed E-state index contributed by atoms with van der Waals surface area (Å²) in [7, 11) is 1.83. The van der Waals surface area contributed by atoms with Gasteiger partial charge in [0.05, 0.1) is 11.0 Å². The number of anilines is 1. The fraction of sp³-hybridized carbons (Fsp3) is 0.250. The van der Waals surface area contributed by atoms with Crippen molar-refractivity contribution in [3.63, 3.8) is 0 Å². The lowest BCUT2D eigenvalue weighted by Crippen LogP contribution is -2.30. The highest BCUT2D eigenvalue weighted by Crippen LogP contribution is 2.34. The number of fused-ring (bicyclic) bond motifs is 1. The number of aryl methyl sites for hydroxylation is 1. The maximum absolute atomic E-state index is 13.2. The molecule has 2 heterocycles. The van der Waals surface area contributed by atoms with Crippen LogP contribution in [-0.4, -0.2) is 39.9 Å². The van der Waals surface area contributed by atoms with Gasteiger partial charge >= 0.3 is 0 Å². The van der Waals surface area contributed by atoms with Gasteiger partial charge in [-0.2, -0.15) is 0 Å². The summed E-state index contributed by atoms with van der Waals surface area (Å²) < 4.78 is 2.00. The van der Waals surface area contributed by atoms with E-state index in [1.54, 1.807) is 4.90 Å². The van der Waals surface area contributed by atoms with E-state index < -0.39 is 0 Å². The number of amides is 2. The fourth-order valence-corrected chi connectivity index (χ4v) is 4.75. The van der Waals surface area contributed by atoms with E-state index in [4.69, 9.17) is 4.98 Å². The maximum atomic E-state index is 13.2. The number of likely N-dealkylation sites (N-methyl/N-ethyl adjacent to an activating group) is 1. The Kier molecular flexibility index (Phi) is 5.88. The Morgan fingerprint density at radius 1 is 1.00 bits per heavy atom. The third kappa shape index (κ3) is 4.19. The number of hydrogen-bond donors (Lipinski definition) is 0. The largest absolute Gasteiger partial charge is 0.340 e. The van der Waals surface area contributed by atoms with Crippen LogP contribution in [0.2, 0.25) is 0 Å². The number of benzene rings is 3. The van der Waals surface area contributed by atoms with E-state index >= 15 is 0 Å². The summed E-state index contributed by atoms with van der Waals surface area (Å²) in [4.78, 5) is 34.7. The van der Waals surface area contributed by atoms with E-state index in [0.29, 0.717) is 19.5 Å². The summed E-state index contributed by atoms with van der Waals surface area (Å²) in [6.45, 7) is 3.31. The molecule has 3 aromatic carbocycles. The third-order valence-electron chi connectivity index (χ3n) is 6.56. The van der Waals surface area contributed by atoms with Gasteiger partial charge in [0, 0.05) is 38.2 Å². The molecule has 0 aliphatic carbocycles. The van der Waals surface area contributed by atoms with Gasteiger partial charge < -0.3 is 14.4 Å². The van der Waals surface area contributed by atoms with E-state index in [2.05, 4.69) is 0 Å². The Morgan fingerprint density at radius 3 is 2.50 bits per heavy atom. The van der Waals surface area contributed by atoms with Gasteiger partial charge in [0.25, 0.3) is 0 Å². The Balaban J connectivity index is 1.43. The van der Waals surface area contributed by atoms with Crippen LogP contribution in [0.3, 0.4) is 0 Å². The molecule has 172 valence electrons. The van der Waals surface area contributed by atoms with E-state index in [-0.39, 0.29) is 24.3 Å². The fourth-order valence-electron chi connectivity index (χ4n) is 4.75. The van der Waals surface area contributed by atoms with E-state index in [0.717, 1.165) is 33.7 Å². The summed E-state index contributed by atoms with van der Waals surface area (Å²) in [6, 6.07) is 25.8. The molecule has 6 heteroatoms. The second kappa shape index (κ2) is 9.14. The molecule has 0 saturated carbocycles. The first-order valence-electron chi connectivity index (χ1n) is 11.6. The SMILES string of the molecule is Cc1ccccc1N1CC(c2nc3ccccc3n2CC(=O)N(C)Cc2ccccc2)CC1=O. The molecule has 2 amide bonds. The maximum Gasteiger partial charge on any atom is 0.242 e. The molecule has 6 nitrogen and oxygen atoms in total. The molecule has 1 aliphatic heterocycles. The molecule has 0 bridgehead atoms. The van der Waals surface area contributed by atoms with Crippen molar-refractivity contribution < 1.29 is 9.59 Å². The number of imidazole rings is 1. The second-order valence-corrected chi connectivity index (χ2v) is 8.97. The Hall–Kier alpha value is -3.93. The van der Waals surface area contributed by atoms with Crippen molar-refractivity contribution in [1.82, 2.24) is 14.5 Å². The molecule has 1 atom stereocenters. The highest BCUT2D eigenvalue weighted by molar-refractivity contribution is 5.97. The summed E-state index contributed by atoms with van der Waals surface area (Å²) in [5.41, 5.74) is 4.86. The van der Waals surface area contributed by atoms with Crippen LogP contribution in [0.4, 0.5) is 5.69 Å². The normalized spacial score (nSPS) is 15.8. The third-order valence-corrected chi connectivity index (χ3v) is 6.56. The number of para-hydroxylation sites is 3. The van der Waals surface area contributed by atoms with Crippen LogP contribution in [0.15, 0.2) is 78.9 Å². The number of rotatable bonds is 6. The monoisotopic (exact) mass is 452 g/mol. The first kappa shape index (κ1) is 21.9. The highest BCUT2D eigenvalue weighted by atomic mass is 16.2. The van der Waals surface area contributed by atoms with Crippen LogP contribution in [0.25, 0.3) is 11.0 Å². The van der Waals surface area contributed by atoms with Crippen molar-refractivity contribution in [2.75, 3.05) is 18.5 Å². The lowest BCUT2D eigenvalue weighted by molar-refractivity contribution is -0.131. The van der Waals surface area contributed by atoms with Crippen LogP contribution in [0.1, 0.15) is 29.3 Å². The van der Waals surface area contributed by atoms with Crippen molar-refractivity contribution in [2.45, 2.75) is 32.4 Å². The molecular formula is C28H28N4O2. The van der Waals surface area contributed by atoms with E-state index in [1.807, 2.05) is 102 Å². The van der Waals surface area contributed by atoms with E-state index in [9.17, 15) is 9.59 Å². The minimum absolute atomic E-state index is 0.00772. The van der Waals surface area contributed by atoms with Crippen LogP contribution in [0, 0.1) is 6.92 Å². The van der Waals surface area contributed by atoms with Gasteiger partial charge in [-0.3, -0.25) is 9.59 Å². The van der Waals surface area contributed by atoms with Crippen LogP contribution in [0.5, 0.6) is 0 Å². The highest BCUT2D eigenvalue weighted by Gasteiger charge is 2.35.